The summed E-state index contributed by atoms with van der Waals surface area (Å²) >= 11 is 0. The summed E-state index contributed by atoms with van der Waals surface area (Å²) < 4.78 is 26.6. The molecule has 0 atom stereocenters. The van der Waals surface area contributed by atoms with Crippen molar-refractivity contribution in [2.45, 2.75) is 19.8 Å². The number of hydrogen-bond acceptors (Lipinski definition) is 2. The Morgan fingerprint density at radius 2 is 2.00 bits per heavy atom. The first kappa shape index (κ1) is 12.5. The van der Waals surface area contributed by atoms with Gasteiger partial charge in [0, 0.05) is 20.1 Å². The van der Waals surface area contributed by atoms with E-state index < -0.39 is 10.2 Å². The van der Waals surface area contributed by atoms with Crippen molar-refractivity contribution in [1.82, 2.24) is 8.61 Å². The van der Waals surface area contributed by atoms with Crippen LogP contribution in [0.3, 0.4) is 0 Å². The van der Waals surface area contributed by atoms with E-state index in [1.165, 1.54) is 15.7 Å². The number of hydrogen-bond donors (Lipinski definition) is 0. The van der Waals surface area contributed by atoms with Crippen LogP contribution < -0.4 is 0 Å². The van der Waals surface area contributed by atoms with Crippen molar-refractivity contribution in [2.75, 3.05) is 26.7 Å². The van der Waals surface area contributed by atoms with Crippen LogP contribution in [-0.2, 0) is 10.2 Å². The lowest BCUT2D eigenvalue weighted by Gasteiger charge is -2.31. The SMILES string of the molecule is C#CCN(C)S(=O)(=O)N1CCC(C)CC1. The van der Waals surface area contributed by atoms with E-state index in [1.54, 1.807) is 0 Å². The van der Waals surface area contributed by atoms with Crippen LogP contribution >= 0.6 is 0 Å². The minimum absolute atomic E-state index is 0.133. The molecule has 1 aliphatic heterocycles. The molecule has 0 bridgehead atoms. The molecule has 0 N–H and O–H groups in total. The predicted molar refractivity (Wildman–Crippen MR) is 60.4 cm³/mol. The highest BCUT2D eigenvalue weighted by atomic mass is 32.2. The zero-order chi connectivity index (χ0) is 11.5. The van der Waals surface area contributed by atoms with E-state index in [4.69, 9.17) is 6.42 Å². The lowest BCUT2D eigenvalue weighted by Crippen LogP contribution is -2.45. The van der Waals surface area contributed by atoms with Crippen molar-refractivity contribution in [3.63, 3.8) is 0 Å². The van der Waals surface area contributed by atoms with Crippen molar-refractivity contribution < 1.29 is 8.42 Å². The Hall–Kier alpha value is -0.570. The van der Waals surface area contributed by atoms with Crippen LogP contribution in [0.15, 0.2) is 0 Å². The maximum Gasteiger partial charge on any atom is 0.282 e. The second-order valence-corrected chi connectivity index (χ2v) is 6.08. The van der Waals surface area contributed by atoms with Crippen molar-refractivity contribution >= 4 is 10.2 Å². The molecule has 0 aromatic heterocycles. The van der Waals surface area contributed by atoms with Gasteiger partial charge in [0.2, 0.25) is 0 Å². The molecule has 0 aliphatic carbocycles. The Bertz CT molecular complexity index is 337. The number of terminal acetylenes is 1. The smallest absolute Gasteiger partial charge is 0.195 e. The van der Waals surface area contributed by atoms with Gasteiger partial charge in [-0.2, -0.15) is 17.0 Å². The van der Waals surface area contributed by atoms with E-state index in [2.05, 4.69) is 12.8 Å². The molecular weight excluding hydrogens is 212 g/mol. The summed E-state index contributed by atoms with van der Waals surface area (Å²) in [5.74, 6) is 2.96. The fourth-order valence-electron chi connectivity index (χ4n) is 1.62. The molecule has 1 fully saturated rings. The van der Waals surface area contributed by atoms with Gasteiger partial charge in [0.1, 0.15) is 0 Å². The molecular formula is C10H18N2O2S. The van der Waals surface area contributed by atoms with Crippen LogP contribution in [0.4, 0.5) is 0 Å². The Kier molecular flexibility index (Phi) is 4.14. The van der Waals surface area contributed by atoms with E-state index in [-0.39, 0.29) is 6.54 Å². The van der Waals surface area contributed by atoms with Crippen LogP contribution in [-0.4, -0.2) is 43.7 Å². The van der Waals surface area contributed by atoms with Crippen LogP contribution in [0.5, 0.6) is 0 Å². The van der Waals surface area contributed by atoms with Gasteiger partial charge in [-0.25, -0.2) is 0 Å². The van der Waals surface area contributed by atoms with Gasteiger partial charge < -0.3 is 0 Å². The molecule has 0 aromatic rings. The largest absolute Gasteiger partial charge is 0.282 e. The third kappa shape index (κ3) is 2.94. The van der Waals surface area contributed by atoms with Gasteiger partial charge in [-0.05, 0) is 18.8 Å². The molecule has 1 rings (SSSR count). The summed E-state index contributed by atoms with van der Waals surface area (Å²) in [7, 11) is -1.80. The fourth-order valence-corrected chi connectivity index (χ4v) is 2.93. The molecule has 0 radical (unpaired) electrons. The average molecular weight is 230 g/mol. The summed E-state index contributed by atoms with van der Waals surface area (Å²) in [6.45, 7) is 3.50. The zero-order valence-electron chi connectivity index (χ0n) is 9.31. The zero-order valence-corrected chi connectivity index (χ0v) is 10.1. The molecule has 0 aromatic carbocycles. The number of rotatable bonds is 3. The van der Waals surface area contributed by atoms with Crippen molar-refractivity contribution in [2.24, 2.45) is 5.92 Å². The normalized spacial score (nSPS) is 20.4. The minimum atomic E-state index is -3.32. The van der Waals surface area contributed by atoms with Crippen LogP contribution in [0.25, 0.3) is 0 Å². The number of piperidine rings is 1. The van der Waals surface area contributed by atoms with Crippen molar-refractivity contribution in [3.8, 4) is 12.3 Å². The second-order valence-electron chi connectivity index (χ2n) is 4.05. The molecule has 1 saturated heterocycles. The first-order valence-corrected chi connectivity index (χ1v) is 6.53. The molecule has 86 valence electrons. The highest BCUT2D eigenvalue weighted by molar-refractivity contribution is 7.86. The fraction of sp³-hybridized carbons (Fsp3) is 0.800. The van der Waals surface area contributed by atoms with Crippen LogP contribution in [0, 0.1) is 18.3 Å². The lowest BCUT2D eigenvalue weighted by atomic mass is 10.0. The summed E-state index contributed by atoms with van der Waals surface area (Å²) in [6.07, 6.45) is 6.97. The van der Waals surface area contributed by atoms with Crippen LogP contribution in [0.2, 0.25) is 0 Å². The first-order valence-electron chi connectivity index (χ1n) is 5.13. The molecule has 4 nitrogen and oxygen atoms in total. The summed E-state index contributed by atoms with van der Waals surface area (Å²) in [4.78, 5) is 0. The highest BCUT2D eigenvalue weighted by Gasteiger charge is 2.29. The van der Waals surface area contributed by atoms with Gasteiger partial charge in [-0.3, -0.25) is 0 Å². The second kappa shape index (κ2) is 4.97. The molecule has 5 heteroatoms. The van der Waals surface area contributed by atoms with E-state index in [1.807, 2.05) is 0 Å². The van der Waals surface area contributed by atoms with Gasteiger partial charge >= 0.3 is 0 Å². The molecule has 1 aliphatic rings. The lowest BCUT2D eigenvalue weighted by molar-refractivity contribution is 0.273. The minimum Gasteiger partial charge on any atom is -0.195 e. The van der Waals surface area contributed by atoms with Gasteiger partial charge in [0.25, 0.3) is 10.2 Å². The summed E-state index contributed by atoms with van der Waals surface area (Å²) in [6, 6.07) is 0. The van der Waals surface area contributed by atoms with E-state index in [9.17, 15) is 8.42 Å². The average Bonchev–Trinajstić information content (AvgIpc) is 2.18. The standard InChI is InChI=1S/C10H18N2O2S/c1-4-7-11(3)15(13,14)12-8-5-10(2)6-9-12/h1,10H,5-9H2,2-3H3. The molecule has 15 heavy (non-hydrogen) atoms. The first-order chi connectivity index (χ1) is 6.98. The molecule has 0 spiro atoms. The van der Waals surface area contributed by atoms with Gasteiger partial charge in [-0.1, -0.05) is 12.8 Å². The highest BCUT2D eigenvalue weighted by Crippen LogP contribution is 2.19. The monoisotopic (exact) mass is 230 g/mol. The van der Waals surface area contributed by atoms with Crippen molar-refractivity contribution in [1.29, 1.82) is 0 Å². The van der Waals surface area contributed by atoms with Gasteiger partial charge in [-0.15, -0.1) is 6.42 Å². The third-order valence-electron chi connectivity index (χ3n) is 2.78. The third-order valence-corrected chi connectivity index (χ3v) is 4.71. The quantitative estimate of drug-likeness (QED) is 0.664. The Morgan fingerprint density at radius 1 is 1.47 bits per heavy atom. The summed E-state index contributed by atoms with van der Waals surface area (Å²) in [5.41, 5.74) is 0. The number of nitrogens with zero attached hydrogens (tertiary/aromatic N) is 2. The maximum absolute atomic E-state index is 11.9. The maximum atomic E-state index is 11.9. The molecule has 1 heterocycles. The van der Waals surface area contributed by atoms with E-state index in [0.717, 1.165) is 12.8 Å². The van der Waals surface area contributed by atoms with E-state index in [0.29, 0.717) is 19.0 Å². The van der Waals surface area contributed by atoms with Gasteiger partial charge in [0.05, 0.1) is 6.54 Å². The topological polar surface area (TPSA) is 40.6 Å². The Labute approximate surface area is 92.4 Å². The van der Waals surface area contributed by atoms with Crippen molar-refractivity contribution in [3.05, 3.63) is 0 Å². The molecule has 0 saturated carbocycles. The summed E-state index contributed by atoms with van der Waals surface area (Å²) in [5, 5.41) is 0. The Morgan fingerprint density at radius 3 is 2.47 bits per heavy atom. The predicted octanol–water partition coefficient (Wildman–Crippen LogP) is 0.528. The molecule has 0 unspecified atom stereocenters. The van der Waals surface area contributed by atoms with E-state index >= 15 is 0 Å². The van der Waals surface area contributed by atoms with Crippen LogP contribution in [0.1, 0.15) is 19.8 Å². The molecule has 0 amide bonds. The van der Waals surface area contributed by atoms with Gasteiger partial charge in [0.15, 0.2) is 0 Å². The Balaban J connectivity index is 2.66.